The molecule has 0 radical (unpaired) electrons. The summed E-state index contributed by atoms with van der Waals surface area (Å²) in [5.41, 5.74) is 0.790. The molecule has 0 atom stereocenters. The van der Waals surface area contributed by atoms with Gasteiger partial charge in [-0.1, -0.05) is 6.92 Å². The van der Waals surface area contributed by atoms with Crippen LogP contribution in [0.15, 0.2) is 6.33 Å². The first kappa shape index (κ1) is 13.2. The van der Waals surface area contributed by atoms with Gasteiger partial charge >= 0.3 is 0 Å². The van der Waals surface area contributed by atoms with Crippen molar-refractivity contribution in [2.45, 2.75) is 20.3 Å². The molecule has 0 bridgehead atoms. The van der Waals surface area contributed by atoms with Crippen LogP contribution in [-0.4, -0.2) is 36.1 Å². The zero-order valence-corrected chi connectivity index (χ0v) is 10.4. The molecule has 17 heavy (non-hydrogen) atoms. The van der Waals surface area contributed by atoms with Crippen LogP contribution in [0.25, 0.3) is 0 Å². The summed E-state index contributed by atoms with van der Waals surface area (Å²) in [6.45, 7) is 4.73. The Bertz CT molecular complexity index is 382. The topological polar surface area (TPSA) is 76.1 Å². The highest BCUT2D eigenvalue weighted by Gasteiger charge is 2.08. The molecule has 2 N–H and O–H groups in total. The van der Waals surface area contributed by atoms with Crippen molar-refractivity contribution in [2.24, 2.45) is 0 Å². The molecule has 0 aliphatic rings. The van der Waals surface area contributed by atoms with Crippen LogP contribution in [0.3, 0.4) is 0 Å². The summed E-state index contributed by atoms with van der Waals surface area (Å²) in [5.74, 6) is 1.07. The summed E-state index contributed by atoms with van der Waals surface area (Å²) in [7, 11) is 1.55. The van der Waals surface area contributed by atoms with Crippen LogP contribution in [-0.2, 0) is 4.79 Å². The highest BCUT2D eigenvalue weighted by Crippen LogP contribution is 2.19. The zero-order valence-electron chi connectivity index (χ0n) is 10.4. The number of hydrogen-bond acceptors (Lipinski definition) is 5. The number of methoxy groups -OCH3 is 1. The van der Waals surface area contributed by atoms with Crippen molar-refractivity contribution in [3.63, 3.8) is 0 Å². The van der Waals surface area contributed by atoms with Crippen LogP contribution < -0.4 is 15.4 Å². The number of rotatable bonds is 6. The maximum Gasteiger partial charge on any atom is 0.239 e. The number of nitrogens with one attached hydrogen (secondary N) is 2. The fraction of sp³-hybridized carbons (Fsp3) is 0.545. The number of aromatic nitrogens is 2. The van der Waals surface area contributed by atoms with Gasteiger partial charge in [-0.25, -0.2) is 9.97 Å². The number of amides is 1. The van der Waals surface area contributed by atoms with Crippen LogP contribution in [0, 0.1) is 6.92 Å². The van der Waals surface area contributed by atoms with E-state index >= 15 is 0 Å². The molecule has 1 aromatic heterocycles. The van der Waals surface area contributed by atoms with Gasteiger partial charge in [-0.2, -0.15) is 0 Å². The van der Waals surface area contributed by atoms with E-state index in [1.54, 1.807) is 7.11 Å². The Kier molecular flexibility index (Phi) is 5.19. The van der Waals surface area contributed by atoms with Crippen molar-refractivity contribution in [1.29, 1.82) is 0 Å². The second kappa shape index (κ2) is 6.67. The number of carbonyl (C=O) groups is 1. The van der Waals surface area contributed by atoms with E-state index in [2.05, 4.69) is 20.6 Å². The van der Waals surface area contributed by atoms with Gasteiger partial charge < -0.3 is 15.4 Å². The van der Waals surface area contributed by atoms with E-state index in [9.17, 15) is 4.79 Å². The maximum absolute atomic E-state index is 11.4. The Morgan fingerprint density at radius 3 is 2.88 bits per heavy atom. The van der Waals surface area contributed by atoms with Gasteiger partial charge in [0.1, 0.15) is 12.1 Å². The minimum Gasteiger partial charge on any atom is -0.481 e. The van der Waals surface area contributed by atoms with E-state index in [0.29, 0.717) is 18.2 Å². The largest absolute Gasteiger partial charge is 0.481 e. The average Bonchev–Trinajstić information content (AvgIpc) is 2.35. The highest BCUT2D eigenvalue weighted by atomic mass is 16.5. The Hall–Kier alpha value is -1.85. The van der Waals surface area contributed by atoms with Gasteiger partial charge in [-0.05, 0) is 13.3 Å². The second-order valence-corrected chi connectivity index (χ2v) is 3.56. The van der Waals surface area contributed by atoms with Crippen molar-refractivity contribution >= 4 is 11.7 Å². The van der Waals surface area contributed by atoms with Crippen LogP contribution in [0.2, 0.25) is 0 Å². The molecule has 1 heterocycles. The number of carbonyl (C=O) groups excluding carboxylic acids is 1. The molecule has 0 aliphatic carbocycles. The molecular weight excluding hydrogens is 220 g/mol. The first-order valence-electron chi connectivity index (χ1n) is 5.55. The predicted octanol–water partition coefficient (Wildman–Crippen LogP) is 0.732. The average molecular weight is 238 g/mol. The lowest BCUT2D eigenvalue weighted by atomic mass is 10.3. The monoisotopic (exact) mass is 238 g/mol. The van der Waals surface area contributed by atoms with Gasteiger partial charge in [0.05, 0.1) is 19.2 Å². The number of hydrogen-bond donors (Lipinski definition) is 2. The summed E-state index contributed by atoms with van der Waals surface area (Å²) in [6.07, 6.45) is 2.32. The molecule has 0 fully saturated rings. The fourth-order valence-electron chi connectivity index (χ4n) is 1.31. The molecule has 0 spiro atoms. The highest BCUT2D eigenvalue weighted by molar-refractivity contribution is 5.80. The maximum atomic E-state index is 11.4. The zero-order chi connectivity index (χ0) is 12.7. The number of ether oxygens (including phenoxy) is 1. The van der Waals surface area contributed by atoms with E-state index in [0.717, 1.165) is 12.0 Å². The minimum atomic E-state index is -0.0520. The Morgan fingerprint density at radius 2 is 2.24 bits per heavy atom. The quantitative estimate of drug-likeness (QED) is 0.764. The third-order valence-electron chi connectivity index (χ3n) is 2.22. The summed E-state index contributed by atoms with van der Waals surface area (Å²) in [5, 5.41) is 5.73. The second-order valence-electron chi connectivity index (χ2n) is 3.56. The Labute approximate surface area is 101 Å². The molecule has 0 saturated heterocycles. The van der Waals surface area contributed by atoms with Crippen molar-refractivity contribution in [3.05, 3.63) is 11.9 Å². The predicted molar refractivity (Wildman–Crippen MR) is 65.1 cm³/mol. The molecule has 1 rings (SSSR count). The van der Waals surface area contributed by atoms with Crippen LogP contribution in [0.1, 0.15) is 18.9 Å². The Balaban J connectivity index is 2.54. The fourth-order valence-corrected chi connectivity index (χ4v) is 1.31. The summed E-state index contributed by atoms with van der Waals surface area (Å²) >= 11 is 0. The van der Waals surface area contributed by atoms with Crippen molar-refractivity contribution < 1.29 is 9.53 Å². The van der Waals surface area contributed by atoms with Crippen molar-refractivity contribution in [1.82, 2.24) is 15.3 Å². The number of nitrogens with zero attached hydrogens (tertiary/aromatic N) is 2. The standard InChI is InChI=1S/C11H18N4O2/c1-4-5-12-9(16)6-13-10-8(2)11(17-3)15-7-14-10/h7H,4-6H2,1-3H3,(H,12,16)(H,13,14,15). The van der Waals surface area contributed by atoms with Crippen LogP contribution in [0.4, 0.5) is 5.82 Å². The molecule has 0 unspecified atom stereocenters. The number of anilines is 1. The third kappa shape index (κ3) is 3.90. The summed E-state index contributed by atoms with van der Waals surface area (Å²) < 4.78 is 5.07. The van der Waals surface area contributed by atoms with Gasteiger partial charge in [-0.3, -0.25) is 4.79 Å². The molecular formula is C11H18N4O2. The smallest absolute Gasteiger partial charge is 0.239 e. The lowest BCUT2D eigenvalue weighted by Gasteiger charge is -2.10. The lowest BCUT2D eigenvalue weighted by Crippen LogP contribution is -2.30. The van der Waals surface area contributed by atoms with E-state index in [4.69, 9.17) is 4.74 Å². The SMILES string of the molecule is CCCNC(=O)CNc1ncnc(OC)c1C. The molecule has 0 aliphatic heterocycles. The normalized spacial score (nSPS) is 9.82. The molecule has 1 amide bonds. The minimum absolute atomic E-state index is 0.0520. The van der Waals surface area contributed by atoms with Crippen molar-refractivity contribution in [2.75, 3.05) is 25.5 Å². The lowest BCUT2D eigenvalue weighted by molar-refractivity contribution is -0.119. The van der Waals surface area contributed by atoms with E-state index in [1.807, 2.05) is 13.8 Å². The van der Waals surface area contributed by atoms with Gasteiger partial charge in [0.2, 0.25) is 11.8 Å². The van der Waals surface area contributed by atoms with Crippen LogP contribution in [0.5, 0.6) is 5.88 Å². The molecule has 6 heteroatoms. The molecule has 1 aromatic rings. The summed E-state index contributed by atoms with van der Waals surface area (Å²) in [4.78, 5) is 19.4. The van der Waals surface area contributed by atoms with Gasteiger partial charge in [0, 0.05) is 6.54 Å². The molecule has 0 aromatic carbocycles. The van der Waals surface area contributed by atoms with Crippen LogP contribution >= 0.6 is 0 Å². The van der Waals surface area contributed by atoms with E-state index in [1.165, 1.54) is 6.33 Å². The van der Waals surface area contributed by atoms with Gasteiger partial charge in [0.25, 0.3) is 0 Å². The third-order valence-corrected chi connectivity index (χ3v) is 2.22. The molecule has 6 nitrogen and oxygen atoms in total. The van der Waals surface area contributed by atoms with Gasteiger partial charge in [0.15, 0.2) is 0 Å². The first-order valence-corrected chi connectivity index (χ1v) is 5.55. The molecule has 94 valence electrons. The molecule has 0 saturated carbocycles. The van der Waals surface area contributed by atoms with Gasteiger partial charge in [-0.15, -0.1) is 0 Å². The van der Waals surface area contributed by atoms with E-state index < -0.39 is 0 Å². The van der Waals surface area contributed by atoms with Crippen molar-refractivity contribution in [3.8, 4) is 5.88 Å². The van der Waals surface area contributed by atoms with E-state index in [-0.39, 0.29) is 12.5 Å². The Morgan fingerprint density at radius 1 is 1.47 bits per heavy atom. The summed E-state index contributed by atoms with van der Waals surface area (Å²) in [6, 6.07) is 0. The first-order chi connectivity index (χ1) is 8.19.